The number of ether oxygens (including phenoxy) is 1. The maximum atomic E-state index is 12.7. The minimum atomic E-state index is -0.353. The summed E-state index contributed by atoms with van der Waals surface area (Å²) >= 11 is 0. The third-order valence-corrected chi connectivity index (χ3v) is 4.95. The first-order valence-electron chi connectivity index (χ1n) is 8.83. The monoisotopic (exact) mass is 378 g/mol. The maximum absolute atomic E-state index is 12.7. The number of hydrogen-bond donors (Lipinski definition) is 1. The summed E-state index contributed by atoms with van der Waals surface area (Å²) in [7, 11) is 1.94. The Morgan fingerprint density at radius 1 is 1.41 bits per heavy atom. The number of carbonyl (C=O) groups is 3. The number of rotatable bonds is 5. The van der Waals surface area contributed by atoms with Gasteiger partial charge in [-0.05, 0) is 31.2 Å². The summed E-state index contributed by atoms with van der Waals surface area (Å²) in [6.45, 7) is 4.89. The molecule has 0 bridgehead atoms. The lowest BCUT2D eigenvalue weighted by Gasteiger charge is -2.44. The van der Waals surface area contributed by atoms with E-state index in [9.17, 15) is 9.59 Å². The van der Waals surface area contributed by atoms with Crippen LogP contribution in [0.5, 0.6) is 0 Å². The van der Waals surface area contributed by atoms with E-state index >= 15 is 0 Å². The van der Waals surface area contributed by atoms with Crippen molar-refractivity contribution in [2.24, 2.45) is 0 Å². The molecule has 9 heteroatoms. The predicted molar refractivity (Wildman–Crippen MR) is 96.9 cm³/mol. The average molecular weight is 378 g/mol. The van der Waals surface area contributed by atoms with Crippen LogP contribution in [-0.4, -0.2) is 88.6 Å². The van der Waals surface area contributed by atoms with Crippen LogP contribution in [-0.2, 0) is 20.9 Å². The first-order chi connectivity index (χ1) is 13.0. The molecule has 1 N–H and O–H groups in total. The average Bonchev–Trinajstić information content (AvgIpc) is 3.00. The molecule has 2 aliphatic heterocycles. The second-order valence-corrected chi connectivity index (χ2v) is 6.73. The van der Waals surface area contributed by atoms with Crippen molar-refractivity contribution < 1.29 is 24.2 Å². The van der Waals surface area contributed by atoms with Crippen LogP contribution < -0.4 is 0 Å². The van der Waals surface area contributed by atoms with Crippen molar-refractivity contribution >= 4 is 18.5 Å². The van der Waals surface area contributed by atoms with Gasteiger partial charge < -0.3 is 14.7 Å². The first kappa shape index (κ1) is 20.6. The van der Waals surface area contributed by atoms with E-state index in [1.54, 1.807) is 17.3 Å². The van der Waals surface area contributed by atoms with Crippen LogP contribution in [0.25, 0.3) is 0 Å². The maximum Gasteiger partial charge on any atom is 0.410 e. The fraction of sp³-hybridized carbons (Fsp3) is 0.556. The summed E-state index contributed by atoms with van der Waals surface area (Å²) in [6.07, 6.45) is 4.05. The van der Waals surface area contributed by atoms with Gasteiger partial charge >= 0.3 is 6.09 Å². The largest absolute Gasteiger partial charge is 0.483 e. The van der Waals surface area contributed by atoms with Crippen molar-refractivity contribution in [1.29, 1.82) is 0 Å². The van der Waals surface area contributed by atoms with E-state index < -0.39 is 0 Å². The highest BCUT2D eigenvalue weighted by Gasteiger charge is 2.50. The zero-order chi connectivity index (χ0) is 19.9. The van der Waals surface area contributed by atoms with Crippen molar-refractivity contribution in [2.45, 2.75) is 25.4 Å². The molecule has 0 spiro atoms. The normalized spacial score (nSPS) is 21.2. The Hall–Kier alpha value is -2.68. The number of likely N-dealkylation sites (N-methyl/N-ethyl adjacent to an activating group) is 1. The number of carboxylic acid groups (broad SMARTS) is 1. The van der Waals surface area contributed by atoms with Gasteiger partial charge in [0.15, 0.2) is 0 Å². The standard InChI is InChI=1S/C17H24N4O3.CH2O2/c1-3-17-12-20(8-9-21(17)16(23)24-13-17)15(22)11-19(2)10-14-4-6-18-7-5-14;2-1-3/h4-7H,3,8-13H2,1-2H3;1H,(H,2,3). The Kier molecular flexibility index (Phi) is 7.12. The van der Waals surface area contributed by atoms with Crippen molar-refractivity contribution in [2.75, 3.05) is 39.8 Å². The van der Waals surface area contributed by atoms with Gasteiger partial charge in [-0.25, -0.2) is 4.79 Å². The summed E-state index contributed by atoms with van der Waals surface area (Å²) < 4.78 is 5.21. The fourth-order valence-corrected chi connectivity index (χ4v) is 3.46. The van der Waals surface area contributed by atoms with Gasteiger partial charge in [0.1, 0.15) is 6.61 Å². The minimum absolute atomic E-state index is 0.0957. The first-order valence-corrected chi connectivity index (χ1v) is 8.83. The molecule has 2 saturated heterocycles. The minimum Gasteiger partial charge on any atom is -0.483 e. The van der Waals surface area contributed by atoms with Gasteiger partial charge in [-0.15, -0.1) is 0 Å². The lowest BCUT2D eigenvalue weighted by molar-refractivity contribution is -0.136. The number of hydrogen-bond acceptors (Lipinski definition) is 6. The van der Waals surface area contributed by atoms with Crippen molar-refractivity contribution in [3.05, 3.63) is 30.1 Å². The number of pyridine rings is 1. The Bertz CT molecular complexity index is 656. The fourth-order valence-electron chi connectivity index (χ4n) is 3.46. The van der Waals surface area contributed by atoms with Gasteiger partial charge in [0.25, 0.3) is 6.47 Å². The van der Waals surface area contributed by atoms with Crippen LogP contribution in [0, 0.1) is 0 Å². The van der Waals surface area contributed by atoms with Gasteiger partial charge in [0.05, 0.1) is 12.1 Å². The molecule has 0 radical (unpaired) electrons. The highest BCUT2D eigenvalue weighted by Crippen LogP contribution is 2.31. The zero-order valence-corrected chi connectivity index (χ0v) is 15.7. The van der Waals surface area contributed by atoms with Crippen LogP contribution >= 0.6 is 0 Å². The van der Waals surface area contributed by atoms with Crippen LogP contribution in [0.4, 0.5) is 4.79 Å². The van der Waals surface area contributed by atoms with E-state index in [4.69, 9.17) is 14.6 Å². The van der Waals surface area contributed by atoms with Gasteiger partial charge in [-0.2, -0.15) is 0 Å². The van der Waals surface area contributed by atoms with Gasteiger partial charge in [-0.3, -0.25) is 24.4 Å². The molecule has 1 unspecified atom stereocenters. The van der Waals surface area contributed by atoms with Gasteiger partial charge in [0, 0.05) is 38.6 Å². The zero-order valence-electron chi connectivity index (χ0n) is 15.7. The lowest BCUT2D eigenvalue weighted by Crippen LogP contribution is -2.62. The molecule has 2 fully saturated rings. The molecule has 1 aromatic heterocycles. The van der Waals surface area contributed by atoms with Crippen LogP contribution in [0.3, 0.4) is 0 Å². The van der Waals surface area contributed by atoms with Crippen molar-refractivity contribution in [3.63, 3.8) is 0 Å². The van der Waals surface area contributed by atoms with E-state index in [1.807, 2.05) is 35.9 Å². The topological polar surface area (TPSA) is 103 Å². The number of nitrogens with zero attached hydrogens (tertiary/aromatic N) is 4. The van der Waals surface area contributed by atoms with E-state index in [-0.39, 0.29) is 24.0 Å². The third kappa shape index (κ3) is 4.94. The number of piperazine rings is 1. The summed E-state index contributed by atoms with van der Waals surface area (Å²) in [4.78, 5) is 42.5. The molecule has 0 saturated carbocycles. The van der Waals surface area contributed by atoms with E-state index in [1.165, 1.54) is 0 Å². The Morgan fingerprint density at radius 2 is 2.07 bits per heavy atom. The molecule has 1 aromatic rings. The Morgan fingerprint density at radius 3 is 2.70 bits per heavy atom. The lowest BCUT2D eigenvalue weighted by atomic mass is 9.93. The molecular weight excluding hydrogens is 352 g/mol. The second-order valence-electron chi connectivity index (χ2n) is 6.73. The van der Waals surface area contributed by atoms with Crippen molar-refractivity contribution in [3.8, 4) is 0 Å². The predicted octanol–water partition coefficient (Wildman–Crippen LogP) is 0.657. The third-order valence-electron chi connectivity index (χ3n) is 4.95. The highest BCUT2D eigenvalue weighted by atomic mass is 16.6. The molecule has 27 heavy (non-hydrogen) atoms. The van der Waals surface area contributed by atoms with E-state index in [2.05, 4.69) is 4.98 Å². The quantitative estimate of drug-likeness (QED) is 0.751. The van der Waals surface area contributed by atoms with Crippen molar-refractivity contribution in [1.82, 2.24) is 19.7 Å². The molecule has 0 aromatic carbocycles. The molecule has 3 rings (SSSR count). The molecule has 148 valence electrons. The van der Waals surface area contributed by atoms with Crippen LogP contribution in [0.15, 0.2) is 24.5 Å². The number of cyclic esters (lactones) is 1. The Balaban J connectivity index is 0.000000817. The molecule has 2 aliphatic rings. The van der Waals surface area contributed by atoms with Crippen LogP contribution in [0.2, 0.25) is 0 Å². The smallest absolute Gasteiger partial charge is 0.410 e. The molecule has 9 nitrogen and oxygen atoms in total. The van der Waals surface area contributed by atoms with Gasteiger partial charge in [-0.1, -0.05) is 6.92 Å². The highest BCUT2D eigenvalue weighted by molar-refractivity contribution is 5.79. The van der Waals surface area contributed by atoms with E-state index in [0.717, 1.165) is 12.0 Å². The SMILES string of the molecule is CCC12COC(=O)N1CCN(C(=O)CN(C)Cc1ccncc1)C2.O=CO. The molecular formula is C18H26N4O5. The number of carbonyl (C=O) groups excluding carboxylic acids is 2. The summed E-state index contributed by atoms with van der Waals surface area (Å²) in [5.74, 6) is 0.0957. The summed E-state index contributed by atoms with van der Waals surface area (Å²) in [5, 5.41) is 6.89. The molecule has 1 atom stereocenters. The molecule has 2 amide bonds. The summed E-state index contributed by atoms with van der Waals surface area (Å²) in [6, 6.07) is 3.90. The van der Waals surface area contributed by atoms with Crippen LogP contribution in [0.1, 0.15) is 18.9 Å². The Labute approximate surface area is 158 Å². The summed E-state index contributed by atoms with van der Waals surface area (Å²) in [5.41, 5.74) is 0.777. The molecule has 0 aliphatic carbocycles. The second kappa shape index (κ2) is 9.31. The number of fused-ring (bicyclic) bond motifs is 1. The molecule has 3 heterocycles. The number of aromatic nitrogens is 1. The number of amides is 2. The van der Waals surface area contributed by atoms with Gasteiger partial charge in [0.2, 0.25) is 5.91 Å². The van der Waals surface area contributed by atoms with E-state index in [0.29, 0.717) is 39.3 Å².